The fraction of sp³-hybridized carbons (Fsp3) is 0.292. The number of esters is 1. The van der Waals surface area contributed by atoms with Gasteiger partial charge in [-0.3, -0.25) is 14.5 Å². The number of amides is 2. The third-order valence-corrected chi connectivity index (χ3v) is 6.38. The minimum atomic E-state index is -0.482. The second-order valence-electron chi connectivity index (χ2n) is 7.12. The smallest absolute Gasteiger partial charge is 0.344 e. The molecule has 0 spiro atoms. The summed E-state index contributed by atoms with van der Waals surface area (Å²) < 4.78 is 22.2. The summed E-state index contributed by atoms with van der Waals surface area (Å²) in [5, 5.41) is -0.347. The van der Waals surface area contributed by atoms with Gasteiger partial charge in [-0.1, -0.05) is 17.7 Å². The predicted molar refractivity (Wildman–Crippen MR) is 137 cm³/mol. The van der Waals surface area contributed by atoms with Crippen LogP contribution in [0.15, 0.2) is 41.3 Å². The summed E-state index contributed by atoms with van der Waals surface area (Å²) in [6.45, 7) is 4.07. The van der Waals surface area contributed by atoms with Gasteiger partial charge in [0, 0.05) is 0 Å². The molecule has 3 rings (SSSR count). The standard InChI is InChI=1S/C24H24INO7S/c1-4-31-21(27)14-33-22-18(25)11-16(12-19(22)30-3)13-20-23(28)26(24(29)34-20)9-10-32-17-7-5-15(2)6-8-17/h5-8,11-13H,4,9-10,14H2,1-3H3/b20-13-. The van der Waals surface area contributed by atoms with Gasteiger partial charge in [0.1, 0.15) is 12.4 Å². The Morgan fingerprint density at radius 2 is 1.88 bits per heavy atom. The van der Waals surface area contributed by atoms with Gasteiger partial charge in [0.2, 0.25) is 0 Å². The molecule has 0 unspecified atom stereocenters. The predicted octanol–water partition coefficient (Wildman–Crippen LogP) is 4.67. The van der Waals surface area contributed by atoms with E-state index >= 15 is 0 Å². The van der Waals surface area contributed by atoms with Gasteiger partial charge in [-0.15, -0.1) is 0 Å². The monoisotopic (exact) mass is 597 g/mol. The van der Waals surface area contributed by atoms with Gasteiger partial charge in [0.05, 0.1) is 28.7 Å². The van der Waals surface area contributed by atoms with Crippen molar-refractivity contribution in [3.05, 3.63) is 56.0 Å². The molecule has 2 amide bonds. The zero-order valence-corrected chi connectivity index (χ0v) is 21.9. The lowest BCUT2D eigenvalue weighted by molar-refractivity contribution is -0.145. The molecule has 0 radical (unpaired) electrons. The van der Waals surface area contributed by atoms with Crippen molar-refractivity contribution in [2.24, 2.45) is 0 Å². The number of imide groups is 1. The van der Waals surface area contributed by atoms with Gasteiger partial charge < -0.3 is 18.9 Å². The third kappa shape index (κ3) is 6.66. The molecule has 10 heteroatoms. The summed E-state index contributed by atoms with van der Waals surface area (Å²) in [6, 6.07) is 11.0. The number of methoxy groups -OCH3 is 1. The molecule has 0 bridgehead atoms. The van der Waals surface area contributed by atoms with Crippen LogP contribution in [0.3, 0.4) is 0 Å². The van der Waals surface area contributed by atoms with E-state index < -0.39 is 5.97 Å². The number of benzene rings is 2. The molecule has 0 atom stereocenters. The Morgan fingerprint density at radius 1 is 1.15 bits per heavy atom. The Morgan fingerprint density at radius 3 is 2.56 bits per heavy atom. The fourth-order valence-electron chi connectivity index (χ4n) is 3.03. The molecule has 0 aliphatic carbocycles. The van der Waals surface area contributed by atoms with Crippen LogP contribution in [0, 0.1) is 10.5 Å². The van der Waals surface area contributed by atoms with E-state index in [2.05, 4.69) is 22.6 Å². The normalized spacial score (nSPS) is 14.5. The SMILES string of the molecule is CCOC(=O)COc1c(I)cc(/C=C2\SC(=O)N(CCOc3ccc(C)cc3)C2=O)cc1OC. The van der Waals surface area contributed by atoms with Crippen LogP contribution < -0.4 is 14.2 Å². The Hall–Kier alpha value is -2.73. The number of thioether (sulfide) groups is 1. The second-order valence-corrected chi connectivity index (χ2v) is 9.28. The maximum absolute atomic E-state index is 12.8. The van der Waals surface area contributed by atoms with Gasteiger partial charge in [0.25, 0.3) is 11.1 Å². The van der Waals surface area contributed by atoms with Crippen molar-refractivity contribution in [2.75, 3.05) is 33.5 Å². The lowest BCUT2D eigenvalue weighted by Gasteiger charge is -2.14. The first-order valence-corrected chi connectivity index (χ1v) is 12.3. The van der Waals surface area contributed by atoms with Gasteiger partial charge in [-0.05, 0) is 84.1 Å². The lowest BCUT2D eigenvalue weighted by Crippen LogP contribution is -2.32. The second kappa shape index (κ2) is 12.1. The van der Waals surface area contributed by atoms with Crippen molar-refractivity contribution in [1.29, 1.82) is 0 Å². The van der Waals surface area contributed by atoms with E-state index in [9.17, 15) is 14.4 Å². The van der Waals surface area contributed by atoms with E-state index in [0.29, 0.717) is 31.3 Å². The number of hydrogen-bond donors (Lipinski definition) is 0. The van der Waals surface area contributed by atoms with E-state index in [-0.39, 0.29) is 37.5 Å². The van der Waals surface area contributed by atoms with Crippen LogP contribution in [0.25, 0.3) is 6.08 Å². The molecule has 2 aromatic carbocycles. The van der Waals surface area contributed by atoms with Crippen LogP contribution in [0.4, 0.5) is 4.79 Å². The number of halogens is 1. The van der Waals surface area contributed by atoms with Crippen LogP contribution in [0.1, 0.15) is 18.1 Å². The molecule has 8 nitrogen and oxygen atoms in total. The molecule has 0 aromatic heterocycles. The molecular formula is C24H24INO7S. The summed E-state index contributed by atoms with van der Waals surface area (Å²) >= 11 is 2.93. The molecule has 1 aliphatic heterocycles. The lowest BCUT2D eigenvalue weighted by atomic mass is 10.2. The molecule has 1 heterocycles. The zero-order chi connectivity index (χ0) is 24.7. The summed E-state index contributed by atoms with van der Waals surface area (Å²) in [5.41, 5.74) is 1.78. The molecule has 1 saturated heterocycles. The molecule has 180 valence electrons. The number of aryl methyl sites for hydroxylation is 1. The highest BCUT2D eigenvalue weighted by molar-refractivity contribution is 14.1. The van der Waals surface area contributed by atoms with Crippen LogP contribution in [0.2, 0.25) is 0 Å². The largest absolute Gasteiger partial charge is 0.493 e. The zero-order valence-electron chi connectivity index (χ0n) is 19.0. The van der Waals surface area contributed by atoms with Crippen molar-refractivity contribution in [3.8, 4) is 17.2 Å². The highest BCUT2D eigenvalue weighted by Crippen LogP contribution is 2.37. The molecular weight excluding hydrogens is 573 g/mol. The molecule has 34 heavy (non-hydrogen) atoms. The summed E-state index contributed by atoms with van der Waals surface area (Å²) in [7, 11) is 1.48. The maximum Gasteiger partial charge on any atom is 0.344 e. The van der Waals surface area contributed by atoms with Crippen molar-refractivity contribution in [2.45, 2.75) is 13.8 Å². The Kier molecular flexibility index (Phi) is 9.22. The molecule has 1 fully saturated rings. The number of hydrogen-bond acceptors (Lipinski definition) is 8. The van der Waals surface area contributed by atoms with Gasteiger partial charge in [-0.2, -0.15) is 0 Å². The molecule has 0 saturated carbocycles. The fourth-order valence-corrected chi connectivity index (χ4v) is 4.68. The Balaban J connectivity index is 1.68. The van der Waals surface area contributed by atoms with Crippen molar-refractivity contribution in [1.82, 2.24) is 4.90 Å². The van der Waals surface area contributed by atoms with E-state index in [0.717, 1.165) is 17.3 Å². The van der Waals surface area contributed by atoms with Crippen molar-refractivity contribution in [3.63, 3.8) is 0 Å². The average molecular weight is 597 g/mol. The first-order chi connectivity index (χ1) is 16.3. The summed E-state index contributed by atoms with van der Waals surface area (Å²) in [6.07, 6.45) is 1.63. The van der Waals surface area contributed by atoms with Crippen LogP contribution in [0.5, 0.6) is 17.2 Å². The van der Waals surface area contributed by atoms with Crippen molar-refractivity contribution >= 4 is 57.5 Å². The Labute approximate surface area is 215 Å². The topological polar surface area (TPSA) is 91.4 Å². The minimum Gasteiger partial charge on any atom is -0.493 e. The number of rotatable bonds is 10. The maximum atomic E-state index is 12.8. The molecule has 1 aliphatic rings. The van der Waals surface area contributed by atoms with E-state index in [1.165, 1.54) is 12.0 Å². The highest BCUT2D eigenvalue weighted by Gasteiger charge is 2.35. The van der Waals surface area contributed by atoms with Crippen molar-refractivity contribution < 1.29 is 33.3 Å². The quantitative estimate of drug-likeness (QED) is 0.222. The summed E-state index contributed by atoms with van der Waals surface area (Å²) in [5.74, 6) is 0.617. The number of carbonyl (C=O) groups is 3. The molecule has 0 N–H and O–H groups in total. The van der Waals surface area contributed by atoms with Gasteiger partial charge >= 0.3 is 5.97 Å². The van der Waals surface area contributed by atoms with E-state index in [4.69, 9.17) is 18.9 Å². The third-order valence-electron chi connectivity index (χ3n) is 4.67. The molecule has 2 aromatic rings. The van der Waals surface area contributed by atoms with Gasteiger partial charge in [0.15, 0.2) is 18.1 Å². The van der Waals surface area contributed by atoms with E-state index in [1.807, 2.05) is 31.2 Å². The van der Waals surface area contributed by atoms with Crippen LogP contribution in [-0.2, 0) is 14.3 Å². The summed E-state index contributed by atoms with van der Waals surface area (Å²) in [4.78, 5) is 38.3. The first kappa shape index (κ1) is 25.9. The number of nitrogens with zero attached hydrogens (tertiary/aromatic N) is 1. The number of ether oxygens (including phenoxy) is 4. The van der Waals surface area contributed by atoms with Crippen LogP contribution >= 0.6 is 34.4 Å². The van der Waals surface area contributed by atoms with E-state index in [1.54, 1.807) is 25.1 Å². The Bertz CT molecular complexity index is 1100. The minimum absolute atomic E-state index is 0.150. The average Bonchev–Trinajstić information content (AvgIpc) is 3.06. The van der Waals surface area contributed by atoms with Gasteiger partial charge in [-0.25, -0.2) is 4.79 Å². The number of carbonyl (C=O) groups excluding carboxylic acids is 3. The first-order valence-electron chi connectivity index (χ1n) is 10.4. The van der Waals surface area contributed by atoms with Crippen LogP contribution in [-0.4, -0.2) is 55.5 Å². The highest BCUT2D eigenvalue weighted by atomic mass is 127.